The first-order valence-corrected chi connectivity index (χ1v) is 3.98. The third-order valence-corrected chi connectivity index (χ3v) is 2.27. The van der Waals surface area contributed by atoms with Crippen LogP contribution < -0.4 is 5.32 Å². The van der Waals surface area contributed by atoms with E-state index in [0.717, 1.165) is 6.42 Å². The van der Waals surface area contributed by atoms with Gasteiger partial charge in [0.05, 0.1) is 12.6 Å². The number of carbonyl (C=O) groups excluding carboxylic acids is 1. The van der Waals surface area contributed by atoms with Crippen molar-refractivity contribution in [3.05, 3.63) is 0 Å². The van der Waals surface area contributed by atoms with E-state index < -0.39 is 0 Å². The lowest BCUT2D eigenvalue weighted by molar-refractivity contribution is -0.119. The van der Waals surface area contributed by atoms with Gasteiger partial charge in [-0.25, -0.2) is 0 Å². The molecular formula is C8H15NO2. The fraction of sp³-hybridized carbons (Fsp3) is 0.875. The van der Waals surface area contributed by atoms with Gasteiger partial charge in [-0.05, 0) is 13.5 Å². The number of hydrogen-bond acceptors (Lipinski definition) is 3. The van der Waals surface area contributed by atoms with Gasteiger partial charge >= 0.3 is 0 Å². The van der Waals surface area contributed by atoms with Crippen LogP contribution in [0.2, 0.25) is 0 Å². The van der Waals surface area contributed by atoms with Gasteiger partial charge in [-0.3, -0.25) is 4.79 Å². The SMILES string of the molecule is CNC1C(=O)CCC1COC. The Labute approximate surface area is 67.1 Å². The van der Waals surface area contributed by atoms with Crippen molar-refractivity contribution in [2.45, 2.75) is 18.9 Å². The maximum atomic E-state index is 11.2. The molecule has 0 aliphatic heterocycles. The first kappa shape index (κ1) is 8.68. The molecule has 1 aliphatic carbocycles. The van der Waals surface area contributed by atoms with E-state index in [4.69, 9.17) is 4.74 Å². The summed E-state index contributed by atoms with van der Waals surface area (Å²) in [6.45, 7) is 0.692. The zero-order valence-corrected chi connectivity index (χ0v) is 7.09. The Hall–Kier alpha value is -0.410. The number of methoxy groups -OCH3 is 1. The van der Waals surface area contributed by atoms with Gasteiger partial charge in [0.2, 0.25) is 0 Å². The Bertz CT molecular complexity index is 147. The van der Waals surface area contributed by atoms with Gasteiger partial charge in [-0.1, -0.05) is 0 Å². The molecule has 0 aromatic rings. The number of rotatable bonds is 3. The largest absolute Gasteiger partial charge is 0.384 e. The number of ether oxygens (including phenoxy) is 1. The molecule has 3 nitrogen and oxygen atoms in total. The molecule has 0 aromatic carbocycles. The molecule has 1 saturated carbocycles. The Morgan fingerprint density at radius 1 is 1.73 bits per heavy atom. The standard InChI is InChI=1S/C8H15NO2/c1-9-8-6(5-11-2)3-4-7(8)10/h6,8-9H,3-5H2,1-2H3. The van der Waals surface area contributed by atoms with Crippen molar-refractivity contribution in [3.63, 3.8) is 0 Å². The fourth-order valence-corrected chi connectivity index (χ4v) is 1.70. The fourth-order valence-electron chi connectivity index (χ4n) is 1.70. The minimum absolute atomic E-state index is 0.0370. The van der Waals surface area contributed by atoms with E-state index in [2.05, 4.69) is 5.32 Å². The van der Waals surface area contributed by atoms with E-state index in [1.807, 2.05) is 7.05 Å². The molecule has 0 aromatic heterocycles. The second kappa shape index (κ2) is 3.83. The van der Waals surface area contributed by atoms with E-state index in [0.29, 0.717) is 24.7 Å². The van der Waals surface area contributed by atoms with Gasteiger partial charge in [-0.2, -0.15) is 0 Å². The highest BCUT2D eigenvalue weighted by Gasteiger charge is 2.32. The third kappa shape index (κ3) is 1.79. The normalized spacial score (nSPS) is 31.3. The average Bonchev–Trinajstić information content (AvgIpc) is 2.33. The number of ketones is 1. The minimum atomic E-state index is 0.0370. The molecule has 1 fully saturated rings. The number of hydrogen-bond donors (Lipinski definition) is 1. The number of Topliss-reactive ketones (excluding diaryl/α,β-unsaturated/α-hetero) is 1. The smallest absolute Gasteiger partial charge is 0.150 e. The van der Waals surface area contributed by atoms with Crippen LogP contribution in [-0.4, -0.2) is 32.6 Å². The van der Waals surface area contributed by atoms with E-state index in [9.17, 15) is 4.79 Å². The predicted octanol–water partition coefficient (Wildman–Crippen LogP) is 0.200. The van der Waals surface area contributed by atoms with Crippen LogP contribution in [-0.2, 0) is 9.53 Å². The highest BCUT2D eigenvalue weighted by molar-refractivity contribution is 5.86. The molecule has 0 spiro atoms. The molecule has 0 bridgehead atoms. The van der Waals surface area contributed by atoms with E-state index in [1.54, 1.807) is 7.11 Å². The van der Waals surface area contributed by atoms with E-state index >= 15 is 0 Å². The minimum Gasteiger partial charge on any atom is -0.384 e. The van der Waals surface area contributed by atoms with Crippen molar-refractivity contribution < 1.29 is 9.53 Å². The zero-order valence-electron chi connectivity index (χ0n) is 7.09. The van der Waals surface area contributed by atoms with Crippen molar-refractivity contribution in [2.75, 3.05) is 20.8 Å². The monoisotopic (exact) mass is 157 g/mol. The molecule has 0 amide bonds. The molecule has 0 heterocycles. The Balaban J connectivity index is 2.47. The van der Waals surface area contributed by atoms with Crippen molar-refractivity contribution in [1.82, 2.24) is 5.32 Å². The Morgan fingerprint density at radius 3 is 3.00 bits per heavy atom. The summed E-state index contributed by atoms with van der Waals surface area (Å²) >= 11 is 0. The van der Waals surface area contributed by atoms with Gasteiger partial charge in [0.25, 0.3) is 0 Å². The van der Waals surface area contributed by atoms with Crippen molar-refractivity contribution in [3.8, 4) is 0 Å². The van der Waals surface area contributed by atoms with Crippen LogP contribution in [0, 0.1) is 5.92 Å². The van der Waals surface area contributed by atoms with Crippen LogP contribution in [0.15, 0.2) is 0 Å². The maximum absolute atomic E-state index is 11.2. The van der Waals surface area contributed by atoms with Gasteiger partial charge in [0.15, 0.2) is 0 Å². The number of nitrogens with one attached hydrogen (secondary N) is 1. The van der Waals surface area contributed by atoms with Crippen molar-refractivity contribution in [2.24, 2.45) is 5.92 Å². The first-order chi connectivity index (χ1) is 5.29. The molecular weight excluding hydrogens is 142 g/mol. The topological polar surface area (TPSA) is 38.3 Å². The Kier molecular flexibility index (Phi) is 3.02. The highest BCUT2D eigenvalue weighted by atomic mass is 16.5. The van der Waals surface area contributed by atoms with Crippen LogP contribution in [0.4, 0.5) is 0 Å². The summed E-state index contributed by atoms with van der Waals surface area (Å²) in [5, 5.41) is 3.02. The molecule has 2 atom stereocenters. The van der Waals surface area contributed by atoms with Gasteiger partial charge in [-0.15, -0.1) is 0 Å². The third-order valence-electron chi connectivity index (χ3n) is 2.27. The second-order valence-electron chi connectivity index (χ2n) is 2.99. The van der Waals surface area contributed by atoms with Crippen LogP contribution >= 0.6 is 0 Å². The molecule has 2 unspecified atom stereocenters. The molecule has 64 valence electrons. The molecule has 0 radical (unpaired) electrons. The number of likely N-dealkylation sites (N-methyl/N-ethyl adjacent to an activating group) is 1. The quantitative estimate of drug-likeness (QED) is 0.636. The highest BCUT2D eigenvalue weighted by Crippen LogP contribution is 2.22. The summed E-state index contributed by atoms with van der Waals surface area (Å²) < 4.78 is 5.01. The average molecular weight is 157 g/mol. The Morgan fingerprint density at radius 2 is 2.45 bits per heavy atom. The van der Waals surface area contributed by atoms with Gasteiger partial charge in [0, 0.05) is 19.4 Å². The van der Waals surface area contributed by atoms with Gasteiger partial charge < -0.3 is 10.1 Å². The van der Waals surface area contributed by atoms with E-state index in [-0.39, 0.29) is 6.04 Å². The molecule has 11 heavy (non-hydrogen) atoms. The molecule has 1 aliphatic rings. The molecule has 1 rings (SSSR count). The molecule has 0 saturated heterocycles. The summed E-state index contributed by atoms with van der Waals surface area (Å²) in [7, 11) is 3.51. The zero-order chi connectivity index (χ0) is 8.27. The van der Waals surface area contributed by atoms with Crippen LogP contribution in [0.5, 0.6) is 0 Å². The lowest BCUT2D eigenvalue weighted by Crippen LogP contribution is -2.36. The first-order valence-electron chi connectivity index (χ1n) is 3.98. The summed E-state index contributed by atoms with van der Waals surface area (Å²) in [5.74, 6) is 0.715. The lowest BCUT2D eigenvalue weighted by Gasteiger charge is -2.15. The predicted molar refractivity (Wildman–Crippen MR) is 42.5 cm³/mol. The van der Waals surface area contributed by atoms with Crippen LogP contribution in [0.25, 0.3) is 0 Å². The van der Waals surface area contributed by atoms with Crippen LogP contribution in [0.3, 0.4) is 0 Å². The maximum Gasteiger partial charge on any atom is 0.150 e. The summed E-state index contributed by atoms with van der Waals surface area (Å²) in [5.41, 5.74) is 0. The van der Waals surface area contributed by atoms with Crippen molar-refractivity contribution >= 4 is 5.78 Å². The van der Waals surface area contributed by atoms with E-state index in [1.165, 1.54) is 0 Å². The van der Waals surface area contributed by atoms with Crippen LogP contribution in [0.1, 0.15) is 12.8 Å². The summed E-state index contributed by atoms with van der Waals surface area (Å²) in [6, 6.07) is 0.0370. The van der Waals surface area contributed by atoms with Crippen molar-refractivity contribution in [1.29, 1.82) is 0 Å². The number of carbonyl (C=O) groups is 1. The summed E-state index contributed by atoms with van der Waals surface area (Å²) in [6.07, 6.45) is 1.68. The van der Waals surface area contributed by atoms with Gasteiger partial charge in [0.1, 0.15) is 5.78 Å². The second-order valence-corrected chi connectivity index (χ2v) is 2.99. The summed E-state index contributed by atoms with van der Waals surface area (Å²) in [4.78, 5) is 11.2. The molecule has 3 heteroatoms. The lowest BCUT2D eigenvalue weighted by atomic mass is 10.1. The molecule has 1 N–H and O–H groups in total.